The Bertz CT molecular complexity index is 361. The molecule has 0 radical (unpaired) electrons. The lowest BCUT2D eigenvalue weighted by atomic mass is 10.1. The van der Waals surface area contributed by atoms with E-state index in [1.165, 1.54) is 0 Å². The van der Waals surface area contributed by atoms with Crippen molar-refractivity contribution >= 4 is 12.4 Å². The number of benzene rings is 1. The highest BCUT2D eigenvalue weighted by Crippen LogP contribution is 2.36. The smallest absolute Gasteiger partial charge is 0.164 e. The second kappa shape index (κ2) is 7.21. The van der Waals surface area contributed by atoms with E-state index in [-0.39, 0.29) is 18.4 Å². The van der Waals surface area contributed by atoms with Crippen LogP contribution in [0.1, 0.15) is 11.6 Å². The van der Waals surface area contributed by atoms with Gasteiger partial charge in [-0.2, -0.15) is 0 Å². The molecular weight excluding hydrogens is 244 g/mol. The van der Waals surface area contributed by atoms with Crippen LogP contribution < -0.4 is 25.7 Å². The highest BCUT2D eigenvalue weighted by atomic mass is 35.5. The normalized spacial score (nSPS) is 11.4. The van der Waals surface area contributed by atoms with E-state index in [1.807, 2.05) is 0 Å². The fraction of sp³-hybridized carbons (Fsp3) is 0.455. The molecule has 0 aliphatic heterocycles. The number of hydrogen-bond donors (Lipinski definition) is 2. The second-order valence-electron chi connectivity index (χ2n) is 3.29. The van der Waals surface area contributed by atoms with Gasteiger partial charge in [-0.15, -0.1) is 12.4 Å². The molecule has 0 aliphatic rings. The van der Waals surface area contributed by atoms with Crippen molar-refractivity contribution in [3.05, 3.63) is 17.7 Å². The van der Waals surface area contributed by atoms with Crippen LogP contribution in [-0.4, -0.2) is 27.9 Å². The molecule has 0 aliphatic carbocycles. The van der Waals surface area contributed by atoms with E-state index in [0.29, 0.717) is 23.8 Å². The Morgan fingerprint density at radius 3 is 1.88 bits per heavy atom. The minimum atomic E-state index is -0.283. The molecule has 98 valence electrons. The summed E-state index contributed by atoms with van der Waals surface area (Å²) in [6.07, 6.45) is 0. The third-order valence-electron chi connectivity index (χ3n) is 2.39. The Balaban J connectivity index is 0.00000256. The standard InChI is InChI=1S/C11H18N2O3.ClH/c1-14-9-5-11(16-3)10(15-2)4-7(9)8(13)6-12;/h4-5,8H,6,12-13H2,1-3H3;1H/t8-;/m0./s1. The van der Waals surface area contributed by atoms with Crippen LogP contribution in [0.2, 0.25) is 0 Å². The van der Waals surface area contributed by atoms with Gasteiger partial charge in [-0.25, -0.2) is 0 Å². The summed E-state index contributed by atoms with van der Waals surface area (Å²) < 4.78 is 15.6. The summed E-state index contributed by atoms with van der Waals surface area (Å²) in [6, 6.07) is 3.24. The van der Waals surface area contributed by atoms with Crippen LogP contribution in [0.3, 0.4) is 0 Å². The molecule has 0 saturated heterocycles. The van der Waals surface area contributed by atoms with E-state index < -0.39 is 0 Å². The molecule has 6 heteroatoms. The van der Waals surface area contributed by atoms with E-state index in [9.17, 15) is 0 Å². The molecule has 1 rings (SSSR count). The van der Waals surface area contributed by atoms with Crippen LogP contribution in [0, 0.1) is 0 Å². The lowest BCUT2D eigenvalue weighted by Crippen LogP contribution is -2.21. The van der Waals surface area contributed by atoms with Crippen LogP contribution in [0.25, 0.3) is 0 Å². The predicted molar refractivity (Wildman–Crippen MR) is 69.3 cm³/mol. The first kappa shape index (κ1) is 15.8. The summed E-state index contributed by atoms with van der Waals surface area (Å²) in [7, 11) is 4.72. The van der Waals surface area contributed by atoms with E-state index in [4.69, 9.17) is 25.7 Å². The summed E-state index contributed by atoms with van der Waals surface area (Å²) in [5, 5.41) is 0. The van der Waals surface area contributed by atoms with E-state index in [1.54, 1.807) is 33.5 Å². The monoisotopic (exact) mass is 262 g/mol. The Morgan fingerprint density at radius 2 is 1.47 bits per heavy atom. The zero-order valence-corrected chi connectivity index (χ0v) is 11.0. The van der Waals surface area contributed by atoms with Crippen molar-refractivity contribution in [2.24, 2.45) is 11.5 Å². The molecule has 0 amide bonds. The molecule has 0 bridgehead atoms. The fourth-order valence-electron chi connectivity index (χ4n) is 1.47. The fourth-order valence-corrected chi connectivity index (χ4v) is 1.47. The number of rotatable bonds is 5. The van der Waals surface area contributed by atoms with Gasteiger partial charge in [0.15, 0.2) is 11.5 Å². The van der Waals surface area contributed by atoms with E-state index >= 15 is 0 Å². The third kappa shape index (κ3) is 3.39. The Hall–Kier alpha value is -1.17. The third-order valence-corrected chi connectivity index (χ3v) is 2.39. The molecule has 1 aromatic rings. The molecule has 0 aromatic heterocycles. The van der Waals surface area contributed by atoms with Crippen LogP contribution in [-0.2, 0) is 0 Å². The predicted octanol–water partition coefficient (Wildman–Crippen LogP) is 1.09. The Labute approximate surface area is 107 Å². The van der Waals surface area contributed by atoms with Gasteiger partial charge in [0.25, 0.3) is 0 Å². The maximum Gasteiger partial charge on any atom is 0.164 e. The van der Waals surface area contributed by atoms with Crippen LogP contribution in [0.15, 0.2) is 12.1 Å². The van der Waals surface area contributed by atoms with Gasteiger partial charge in [0.05, 0.1) is 21.3 Å². The van der Waals surface area contributed by atoms with Crippen molar-refractivity contribution in [3.63, 3.8) is 0 Å². The SMILES string of the molecule is COc1cc(OC)c([C@@H](N)CN)cc1OC.Cl. The zero-order chi connectivity index (χ0) is 12.1. The maximum atomic E-state index is 5.88. The average molecular weight is 263 g/mol. The van der Waals surface area contributed by atoms with E-state index in [0.717, 1.165) is 5.56 Å². The topological polar surface area (TPSA) is 79.7 Å². The Kier molecular flexibility index (Phi) is 6.72. The largest absolute Gasteiger partial charge is 0.496 e. The van der Waals surface area contributed by atoms with Crippen molar-refractivity contribution < 1.29 is 14.2 Å². The van der Waals surface area contributed by atoms with Crippen molar-refractivity contribution in [1.82, 2.24) is 0 Å². The lowest BCUT2D eigenvalue weighted by Gasteiger charge is -2.17. The minimum Gasteiger partial charge on any atom is -0.496 e. The quantitative estimate of drug-likeness (QED) is 0.830. The van der Waals surface area contributed by atoms with Crippen molar-refractivity contribution in [3.8, 4) is 17.2 Å². The van der Waals surface area contributed by atoms with Gasteiger partial charge in [0.2, 0.25) is 0 Å². The number of halogens is 1. The molecule has 17 heavy (non-hydrogen) atoms. The number of nitrogens with two attached hydrogens (primary N) is 2. The Morgan fingerprint density at radius 1 is 1.00 bits per heavy atom. The highest BCUT2D eigenvalue weighted by molar-refractivity contribution is 5.85. The van der Waals surface area contributed by atoms with Gasteiger partial charge in [0, 0.05) is 24.2 Å². The molecule has 0 saturated carbocycles. The molecule has 0 heterocycles. The van der Waals surface area contributed by atoms with Crippen molar-refractivity contribution in [1.29, 1.82) is 0 Å². The summed E-state index contributed by atoms with van der Waals surface area (Å²) in [6.45, 7) is 0.339. The lowest BCUT2D eigenvalue weighted by molar-refractivity contribution is 0.346. The van der Waals surface area contributed by atoms with Gasteiger partial charge >= 0.3 is 0 Å². The molecule has 1 aromatic carbocycles. The van der Waals surface area contributed by atoms with Gasteiger partial charge < -0.3 is 25.7 Å². The van der Waals surface area contributed by atoms with Crippen LogP contribution in [0.5, 0.6) is 17.2 Å². The van der Waals surface area contributed by atoms with Crippen LogP contribution >= 0.6 is 12.4 Å². The zero-order valence-electron chi connectivity index (χ0n) is 10.2. The van der Waals surface area contributed by atoms with Gasteiger partial charge in [-0.05, 0) is 6.07 Å². The summed E-state index contributed by atoms with van der Waals surface area (Å²) in [4.78, 5) is 0. The van der Waals surface area contributed by atoms with Gasteiger partial charge in [-0.3, -0.25) is 0 Å². The first-order chi connectivity index (χ1) is 7.67. The first-order valence-corrected chi connectivity index (χ1v) is 4.93. The van der Waals surface area contributed by atoms with Gasteiger partial charge in [0.1, 0.15) is 5.75 Å². The number of hydrogen-bond acceptors (Lipinski definition) is 5. The van der Waals surface area contributed by atoms with Gasteiger partial charge in [-0.1, -0.05) is 0 Å². The van der Waals surface area contributed by atoms with Crippen LogP contribution in [0.4, 0.5) is 0 Å². The molecule has 0 spiro atoms. The summed E-state index contributed by atoms with van der Waals surface area (Å²) >= 11 is 0. The number of ether oxygens (including phenoxy) is 3. The van der Waals surface area contributed by atoms with Crippen molar-refractivity contribution in [2.45, 2.75) is 6.04 Å². The molecule has 0 fully saturated rings. The molecule has 0 unspecified atom stereocenters. The minimum absolute atomic E-state index is 0. The summed E-state index contributed by atoms with van der Waals surface area (Å²) in [5.74, 6) is 1.87. The molecule has 5 nitrogen and oxygen atoms in total. The first-order valence-electron chi connectivity index (χ1n) is 4.93. The maximum absolute atomic E-state index is 5.88. The van der Waals surface area contributed by atoms with Crippen molar-refractivity contribution in [2.75, 3.05) is 27.9 Å². The summed E-state index contributed by atoms with van der Waals surface area (Å²) in [5.41, 5.74) is 12.2. The second-order valence-corrected chi connectivity index (χ2v) is 3.29. The molecule has 1 atom stereocenters. The van der Waals surface area contributed by atoms with E-state index in [2.05, 4.69) is 0 Å². The number of methoxy groups -OCH3 is 3. The molecule has 4 N–H and O–H groups in total. The highest BCUT2D eigenvalue weighted by Gasteiger charge is 2.15. The average Bonchev–Trinajstić information content (AvgIpc) is 2.35. The molecular formula is C11H19ClN2O3.